The molecule has 0 bridgehead atoms. The minimum Gasteiger partial charge on any atom is -0.329 e. The second-order valence-electron chi connectivity index (χ2n) is 10.8. The van der Waals surface area contributed by atoms with Gasteiger partial charge in [-0.05, 0) is 42.4 Å². The Bertz CT molecular complexity index is 1300. The lowest BCUT2D eigenvalue weighted by atomic mass is 9.68. The molecule has 1 fully saturated rings. The number of hydrogen-bond acceptors (Lipinski definition) is 7. The summed E-state index contributed by atoms with van der Waals surface area (Å²) in [6.45, 7) is 7.12. The number of nitrogens with zero attached hydrogens (tertiary/aromatic N) is 3. The van der Waals surface area contributed by atoms with Crippen LogP contribution in [0.2, 0.25) is 0 Å². The van der Waals surface area contributed by atoms with E-state index in [-0.39, 0.29) is 11.2 Å². The van der Waals surface area contributed by atoms with Crippen LogP contribution in [0.25, 0.3) is 10.2 Å². The number of benzene rings is 2. The van der Waals surface area contributed by atoms with Gasteiger partial charge in [-0.1, -0.05) is 67.6 Å². The highest BCUT2D eigenvalue weighted by Crippen LogP contribution is 2.46. The lowest BCUT2D eigenvalue weighted by Gasteiger charge is -2.46. The molecule has 1 saturated heterocycles. The number of guanidine groups is 1. The van der Waals surface area contributed by atoms with Gasteiger partial charge in [-0.3, -0.25) is 9.69 Å². The molecule has 0 atom stereocenters. The van der Waals surface area contributed by atoms with Crippen LogP contribution in [0.1, 0.15) is 45.1 Å². The maximum Gasteiger partial charge on any atom is 0.202 e. The number of hydrogen-bond donors (Lipinski definition) is 2. The number of Topliss-reactive ketones (excluding diaryl/α,β-unsaturated/α-hetero) is 1. The molecule has 2 aromatic carbocycles. The average molecular weight is 486 g/mol. The van der Waals surface area contributed by atoms with E-state index in [0.29, 0.717) is 12.4 Å². The number of carbonyl (C=O) groups is 1. The van der Waals surface area contributed by atoms with Crippen molar-refractivity contribution in [3.8, 4) is 0 Å². The van der Waals surface area contributed by atoms with Crippen LogP contribution in [0.5, 0.6) is 0 Å². The number of carbonyl (C=O) groups excluding carboxylic acids is 1. The predicted molar refractivity (Wildman–Crippen MR) is 143 cm³/mol. The summed E-state index contributed by atoms with van der Waals surface area (Å²) in [7, 11) is 0. The smallest absolute Gasteiger partial charge is 0.202 e. The van der Waals surface area contributed by atoms with Crippen LogP contribution in [0, 0.1) is 5.41 Å². The van der Waals surface area contributed by atoms with Gasteiger partial charge in [0.15, 0.2) is 10.9 Å². The molecule has 6 nitrogen and oxygen atoms in total. The first-order valence-electron chi connectivity index (χ1n) is 12.4. The van der Waals surface area contributed by atoms with E-state index in [1.807, 2.05) is 18.2 Å². The molecule has 1 aliphatic carbocycles. The van der Waals surface area contributed by atoms with Gasteiger partial charge >= 0.3 is 0 Å². The molecular formula is C28H31N5OS. The molecule has 180 valence electrons. The van der Waals surface area contributed by atoms with Crippen LogP contribution in [0.15, 0.2) is 70.9 Å². The van der Waals surface area contributed by atoms with Crippen LogP contribution in [0.3, 0.4) is 0 Å². The van der Waals surface area contributed by atoms with Crippen molar-refractivity contribution in [1.82, 2.24) is 15.2 Å². The SMILES string of the molecule is CC1(C)CC(=O)C2=C(C1)NC(Nc1nc3ccccc3s1)=NC21CCN(Cc2ccccc2)CC1. The highest BCUT2D eigenvalue weighted by atomic mass is 32.1. The lowest BCUT2D eigenvalue weighted by Crippen LogP contribution is -2.53. The standard InChI is InChI=1S/C28H31N5OS/c1-27(2)16-21-24(22(34)17-27)28(12-14-33(15-13-28)18-19-8-4-3-5-9-19)32-25(29-21)31-26-30-20-10-6-7-11-23(20)35-26/h3-11H,12-18H2,1-2H3,(H2,29,30,31,32). The highest BCUT2D eigenvalue weighted by Gasteiger charge is 2.48. The van der Waals surface area contributed by atoms with Gasteiger partial charge < -0.3 is 10.6 Å². The van der Waals surface area contributed by atoms with Crippen molar-refractivity contribution >= 4 is 38.4 Å². The predicted octanol–water partition coefficient (Wildman–Crippen LogP) is 5.35. The number of fused-ring (bicyclic) bond motifs is 2. The quantitative estimate of drug-likeness (QED) is 0.524. The summed E-state index contributed by atoms with van der Waals surface area (Å²) in [6.07, 6.45) is 3.12. The maximum atomic E-state index is 13.5. The Morgan fingerprint density at radius 2 is 1.77 bits per heavy atom. The normalized spacial score (nSPS) is 21.5. The number of nitrogens with one attached hydrogen (secondary N) is 2. The van der Waals surface area contributed by atoms with E-state index in [0.717, 1.165) is 65.5 Å². The Morgan fingerprint density at radius 3 is 2.54 bits per heavy atom. The topological polar surface area (TPSA) is 69.6 Å². The number of aliphatic imine (C=N–C) groups is 1. The molecule has 3 heterocycles. The number of piperidine rings is 1. The van der Waals surface area contributed by atoms with E-state index in [4.69, 9.17) is 9.98 Å². The van der Waals surface area contributed by atoms with Crippen molar-refractivity contribution < 1.29 is 4.79 Å². The number of thiazole rings is 1. The Labute approximate surface area is 210 Å². The fourth-order valence-electron chi connectivity index (χ4n) is 5.78. The minimum atomic E-state index is -0.472. The zero-order chi connectivity index (χ0) is 24.0. The molecular weight excluding hydrogens is 454 g/mol. The largest absolute Gasteiger partial charge is 0.329 e. The Balaban J connectivity index is 1.30. The molecule has 35 heavy (non-hydrogen) atoms. The zero-order valence-corrected chi connectivity index (χ0v) is 21.1. The Kier molecular flexibility index (Phi) is 5.49. The van der Waals surface area contributed by atoms with E-state index in [1.54, 1.807) is 11.3 Å². The Hall–Kier alpha value is -3.03. The number of ketones is 1. The zero-order valence-electron chi connectivity index (χ0n) is 20.3. The summed E-state index contributed by atoms with van der Waals surface area (Å²) in [5, 5.41) is 7.78. The van der Waals surface area contributed by atoms with Crippen LogP contribution < -0.4 is 10.6 Å². The molecule has 1 spiro atoms. The molecule has 1 aromatic heterocycles. The molecule has 2 aliphatic heterocycles. The van der Waals surface area contributed by atoms with Crippen molar-refractivity contribution in [2.45, 2.75) is 51.6 Å². The Morgan fingerprint density at radius 1 is 1.03 bits per heavy atom. The number of para-hydroxylation sites is 1. The van der Waals surface area contributed by atoms with Crippen molar-refractivity contribution in [1.29, 1.82) is 0 Å². The number of aromatic nitrogens is 1. The van der Waals surface area contributed by atoms with E-state index in [1.165, 1.54) is 5.56 Å². The van der Waals surface area contributed by atoms with Gasteiger partial charge in [-0.2, -0.15) is 0 Å². The third-order valence-corrected chi connectivity index (χ3v) is 8.34. The van der Waals surface area contributed by atoms with Gasteiger partial charge in [-0.15, -0.1) is 0 Å². The highest BCUT2D eigenvalue weighted by molar-refractivity contribution is 7.22. The molecule has 3 aliphatic rings. The number of anilines is 1. The molecule has 2 N–H and O–H groups in total. The van der Waals surface area contributed by atoms with Crippen LogP contribution in [-0.4, -0.2) is 40.3 Å². The first-order valence-corrected chi connectivity index (χ1v) is 13.2. The lowest BCUT2D eigenvalue weighted by molar-refractivity contribution is -0.119. The first-order chi connectivity index (χ1) is 16.9. The summed E-state index contributed by atoms with van der Waals surface area (Å²) in [5.41, 5.74) is 3.74. The monoisotopic (exact) mass is 485 g/mol. The van der Waals surface area contributed by atoms with Crippen molar-refractivity contribution in [2.24, 2.45) is 10.4 Å². The molecule has 0 saturated carbocycles. The molecule has 0 radical (unpaired) electrons. The fourth-order valence-corrected chi connectivity index (χ4v) is 6.64. The third-order valence-electron chi connectivity index (χ3n) is 7.39. The van der Waals surface area contributed by atoms with Gasteiger partial charge in [0.25, 0.3) is 0 Å². The summed E-state index contributed by atoms with van der Waals surface area (Å²) < 4.78 is 1.14. The van der Waals surface area contributed by atoms with E-state index in [9.17, 15) is 4.79 Å². The summed E-state index contributed by atoms with van der Waals surface area (Å²) in [6, 6.07) is 18.8. The number of likely N-dealkylation sites (tertiary alicyclic amines) is 1. The number of allylic oxidation sites excluding steroid dienone is 1. The van der Waals surface area contributed by atoms with Gasteiger partial charge in [-0.25, -0.2) is 9.98 Å². The van der Waals surface area contributed by atoms with Crippen molar-refractivity contribution in [3.63, 3.8) is 0 Å². The van der Waals surface area contributed by atoms with Gasteiger partial charge in [0, 0.05) is 37.3 Å². The molecule has 0 amide bonds. The van der Waals surface area contributed by atoms with E-state index >= 15 is 0 Å². The van der Waals surface area contributed by atoms with E-state index in [2.05, 4.69) is 65.8 Å². The van der Waals surface area contributed by atoms with E-state index < -0.39 is 5.54 Å². The summed E-state index contributed by atoms with van der Waals surface area (Å²) >= 11 is 1.62. The first kappa shape index (κ1) is 22.4. The van der Waals surface area contributed by atoms with Gasteiger partial charge in [0.2, 0.25) is 5.96 Å². The maximum absolute atomic E-state index is 13.5. The molecule has 7 heteroatoms. The van der Waals surface area contributed by atoms with Gasteiger partial charge in [0.05, 0.1) is 15.8 Å². The van der Waals surface area contributed by atoms with Gasteiger partial charge in [0.1, 0.15) is 0 Å². The van der Waals surface area contributed by atoms with Crippen molar-refractivity contribution in [2.75, 3.05) is 18.4 Å². The average Bonchev–Trinajstić information content (AvgIpc) is 3.22. The summed E-state index contributed by atoms with van der Waals surface area (Å²) in [4.78, 5) is 25.9. The van der Waals surface area contributed by atoms with Crippen LogP contribution in [-0.2, 0) is 11.3 Å². The minimum absolute atomic E-state index is 0.0591. The van der Waals surface area contributed by atoms with Crippen LogP contribution >= 0.6 is 11.3 Å². The fraction of sp³-hybridized carbons (Fsp3) is 0.393. The molecule has 6 rings (SSSR count). The molecule has 0 unspecified atom stereocenters. The molecule has 3 aromatic rings. The number of rotatable bonds is 3. The van der Waals surface area contributed by atoms with Crippen molar-refractivity contribution in [3.05, 3.63) is 71.4 Å². The second kappa shape index (κ2) is 8.57. The van der Waals surface area contributed by atoms with Crippen LogP contribution in [0.4, 0.5) is 5.13 Å². The summed E-state index contributed by atoms with van der Waals surface area (Å²) in [5.74, 6) is 0.966. The third kappa shape index (κ3) is 4.39. The second-order valence-corrected chi connectivity index (χ2v) is 11.8.